The molecule has 0 radical (unpaired) electrons. The fourth-order valence-electron chi connectivity index (χ4n) is 2.24. The average Bonchev–Trinajstić information content (AvgIpc) is 2.75. The van der Waals surface area contributed by atoms with Gasteiger partial charge in [0.1, 0.15) is 0 Å². The summed E-state index contributed by atoms with van der Waals surface area (Å²) in [6.45, 7) is 5.10. The maximum atomic E-state index is 2.55. The van der Waals surface area contributed by atoms with E-state index in [1.54, 1.807) is 0 Å². The zero-order valence-corrected chi connectivity index (χ0v) is 13.3. The normalized spacial score (nSPS) is 16.7. The van der Waals surface area contributed by atoms with E-state index in [1.807, 2.05) is 6.56 Å². The van der Waals surface area contributed by atoms with Crippen molar-refractivity contribution in [3.05, 3.63) is 43.0 Å². The third-order valence-corrected chi connectivity index (χ3v) is 22.1. The molecule has 0 amide bonds. The fourth-order valence-corrected chi connectivity index (χ4v) is 21.2. The summed E-state index contributed by atoms with van der Waals surface area (Å²) in [6, 6.07) is 0. The predicted molar refractivity (Wildman–Crippen MR) is 62.6 cm³/mol. The summed E-state index contributed by atoms with van der Waals surface area (Å²) in [5.74, 6) is -0.412. The van der Waals surface area contributed by atoms with Gasteiger partial charge in [-0.15, -0.1) is 0 Å². The molecule has 0 aromatic carbocycles. The summed E-state index contributed by atoms with van der Waals surface area (Å²) in [5, 5.41) is 0. The molecule has 0 aromatic heterocycles. The number of halogens is 2. The quantitative estimate of drug-likeness (QED) is 0.496. The van der Waals surface area contributed by atoms with Crippen molar-refractivity contribution in [2.45, 2.75) is 25.9 Å². The SMILES string of the molecule is C[SiH](C)[Zr+2]([C]1=CC=CC1)[C]1=CC=CC1.[F-].[F-]. The van der Waals surface area contributed by atoms with Crippen molar-refractivity contribution < 1.29 is 30.3 Å². The van der Waals surface area contributed by atoms with Crippen LogP contribution in [0.15, 0.2) is 43.0 Å². The van der Waals surface area contributed by atoms with Crippen LogP contribution in [0.25, 0.3) is 0 Å². The Morgan fingerprint density at radius 1 is 0.938 bits per heavy atom. The van der Waals surface area contributed by atoms with Gasteiger partial charge in [0.25, 0.3) is 0 Å². The molecule has 0 bridgehead atoms. The zero-order valence-electron chi connectivity index (χ0n) is 9.71. The summed E-state index contributed by atoms with van der Waals surface area (Å²) in [4.78, 5) is 0. The van der Waals surface area contributed by atoms with Crippen LogP contribution in [0.1, 0.15) is 12.8 Å². The molecule has 0 aromatic rings. The van der Waals surface area contributed by atoms with Gasteiger partial charge in [-0.05, 0) is 0 Å². The molecule has 0 fully saturated rings. The summed E-state index contributed by atoms with van der Waals surface area (Å²) in [7, 11) is 0. The maximum absolute atomic E-state index is 2.55. The molecule has 0 N–H and O–H groups in total. The molecule has 0 atom stereocenters. The van der Waals surface area contributed by atoms with Crippen LogP contribution in [0.2, 0.25) is 13.1 Å². The molecular formula is C12H17F2SiZr. The number of hydrogen-bond donors (Lipinski definition) is 0. The first-order valence-corrected chi connectivity index (χ1v) is 15.0. The van der Waals surface area contributed by atoms with Crippen molar-refractivity contribution in [1.82, 2.24) is 0 Å². The minimum atomic E-state index is -1.29. The first-order valence-electron chi connectivity index (χ1n) is 5.38. The molecule has 4 heteroatoms. The van der Waals surface area contributed by atoms with Crippen molar-refractivity contribution in [1.29, 1.82) is 0 Å². The molecule has 0 heterocycles. The van der Waals surface area contributed by atoms with E-state index >= 15 is 0 Å². The third-order valence-electron chi connectivity index (χ3n) is 2.81. The van der Waals surface area contributed by atoms with E-state index in [2.05, 4.69) is 49.6 Å². The van der Waals surface area contributed by atoms with Crippen molar-refractivity contribution in [3.63, 3.8) is 0 Å². The van der Waals surface area contributed by atoms with Gasteiger partial charge < -0.3 is 9.41 Å². The Morgan fingerprint density at radius 3 is 1.62 bits per heavy atom. The van der Waals surface area contributed by atoms with E-state index in [0.717, 1.165) is 0 Å². The maximum Gasteiger partial charge on any atom is -1.00 e. The Hall–Kier alpha value is -0.0800. The molecule has 87 valence electrons. The Kier molecular flexibility index (Phi) is 7.25. The summed E-state index contributed by atoms with van der Waals surface area (Å²) < 4.78 is 3.70. The van der Waals surface area contributed by atoms with Crippen LogP contribution in [0.5, 0.6) is 0 Å². The topological polar surface area (TPSA) is 0 Å². The van der Waals surface area contributed by atoms with E-state index in [9.17, 15) is 0 Å². The van der Waals surface area contributed by atoms with Crippen LogP contribution in [0, 0.1) is 0 Å². The molecular weight excluding hydrogens is 301 g/mol. The second kappa shape index (κ2) is 7.29. The van der Waals surface area contributed by atoms with Gasteiger partial charge in [-0.25, -0.2) is 0 Å². The number of rotatable bonds is 3. The molecule has 16 heavy (non-hydrogen) atoms. The van der Waals surface area contributed by atoms with Gasteiger partial charge in [0.05, 0.1) is 0 Å². The molecule has 0 saturated carbocycles. The Labute approximate surface area is 105 Å². The van der Waals surface area contributed by atoms with E-state index in [0.29, 0.717) is 0 Å². The minimum absolute atomic E-state index is 0. The van der Waals surface area contributed by atoms with E-state index in [-0.39, 0.29) is 9.41 Å². The van der Waals surface area contributed by atoms with Crippen LogP contribution < -0.4 is 9.41 Å². The largest absolute Gasteiger partial charge is 1.00 e. The monoisotopic (exact) mass is 317 g/mol. The molecule has 2 rings (SSSR count). The van der Waals surface area contributed by atoms with Crippen LogP contribution in [0.4, 0.5) is 0 Å². The average molecular weight is 319 g/mol. The predicted octanol–water partition coefficient (Wildman–Crippen LogP) is -2.72. The second-order valence-corrected chi connectivity index (χ2v) is 23.6. The van der Waals surface area contributed by atoms with Gasteiger partial charge >= 0.3 is 95.8 Å². The van der Waals surface area contributed by atoms with Crippen LogP contribution >= 0.6 is 0 Å². The van der Waals surface area contributed by atoms with Crippen molar-refractivity contribution in [2.24, 2.45) is 0 Å². The smallest absolute Gasteiger partial charge is 1.00 e. The molecule has 0 nitrogen and oxygen atoms in total. The third kappa shape index (κ3) is 3.46. The van der Waals surface area contributed by atoms with Gasteiger partial charge in [-0.3, -0.25) is 0 Å². The van der Waals surface area contributed by atoms with Gasteiger partial charge in [-0.1, -0.05) is 0 Å². The Bertz CT molecular complexity index is 313. The van der Waals surface area contributed by atoms with Gasteiger partial charge in [0, 0.05) is 0 Å². The summed E-state index contributed by atoms with van der Waals surface area (Å²) in [6.07, 6.45) is 16.6. The van der Waals surface area contributed by atoms with Crippen molar-refractivity contribution in [2.75, 3.05) is 0 Å². The number of hydrogen-bond acceptors (Lipinski definition) is 0. The molecule has 2 aliphatic carbocycles. The van der Waals surface area contributed by atoms with E-state index in [1.165, 1.54) is 12.8 Å². The summed E-state index contributed by atoms with van der Waals surface area (Å²) >= 11 is -1.29. The van der Waals surface area contributed by atoms with Gasteiger partial charge in [0.2, 0.25) is 0 Å². The Morgan fingerprint density at radius 2 is 1.38 bits per heavy atom. The van der Waals surface area contributed by atoms with Gasteiger partial charge in [0.15, 0.2) is 0 Å². The van der Waals surface area contributed by atoms with Gasteiger partial charge in [-0.2, -0.15) is 0 Å². The van der Waals surface area contributed by atoms with Crippen molar-refractivity contribution in [3.8, 4) is 0 Å². The van der Waals surface area contributed by atoms with Crippen molar-refractivity contribution >= 4 is 5.92 Å². The van der Waals surface area contributed by atoms with Crippen LogP contribution in [0.3, 0.4) is 0 Å². The van der Waals surface area contributed by atoms with E-state index < -0.39 is 26.8 Å². The van der Waals surface area contributed by atoms with Crippen LogP contribution in [-0.4, -0.2) is 5.92 Å². The molecule has 0 aliphatic heterocycles. The minimum Gasteiger partial charge on any atom is -1.00 e. The molecule has 0 spiro atoms. The standard InChI is InChI=1S/2C5H5.C2H7Si.2FH.Zr/c2*1-2-4-5-3-1;1-3-2;;;/h2*1-3H,4H2;3H,1-2H3;2*1H;/q;;;;;+2/p-2. The Balaban J connectivity index is 0.00000112. The first-order chi connectivity index (χ1) is 6.79. The summed E-state index contributed by atoms with van der Waals surface area (Å²) in [5.41, 5.74) is 0. The van der Waals surface area contributed by atoms with Crippen LogP contribution in [-0.2, 0) is 20.9 Å². The zero-order chi connectivity index (χ0) is 9.97. The molecule has 2 aliphatic rings. The number of allylic oxidation sites excluding steroid dienone is 8. The first kappa shape index (κ1) is 15.9. The molecule has 0 saturated heterocycles. The fraction of sp³-hybridized carbons (Fsp3) is 0.333. The second-order valence-electron chi connectivity index (χ2n) is 4.22. The van der Waals surface area contributed by atoms with E-state index in [4.69, 9.17) is 0 Å². The molecule has 0 unspecified atom stereocenters.